The Balaban J connectivity index is 2.11. The molecular weight excluding hydrogens is 278 g/mol. The van der Waals surface area contributed by atoms with Crippen molar-refractivity contribution in [3.8, 4) is 0 Å². The number of benzene rings is 1. The monoisotopic (exact) mass is 285 g/mol. The van der Waals surface area contributed by atoms with Crippen LogP contribution < -0.4 is 0 Å². The van der Waals surface area contributed by atoms with Gasteiger partial charge in [-0.3, -0.25) is 4.21 Å². The first-order valence-electron chi connectivity index (χ1n) is 4.89. The van der Waals surface area contributed by atoms with Crippen molar-refractivity contribution in [2.24, 2.45) is 0 Å². The summed E-state index contributed by atoms with van der Waals surface area (Å²) < 4.78 is 16.7. The van der Waals surface area contributed by atoms with Crippen LogP contribution in [0.25, 0.3) is 0 Å². The lowest BCUT2D eigenvalue weighted by Crippen LogP contribution is -1.96. The molecule has 0 aliphatic heterocycles. The van der Waals surface area contributed by atoms with E-state index in [1.165, 1.54) is 6.07 Å². The molecule has 0 amide bonds. The van der Waals surface area contributed by atoms with Crippen LogP contribution in [0.5, 0.6) is 0 Å². The summed E-state index contributed by atoms with van der Waals surface area (Å²) in [5.74, 6) is -0.843. The van der Waals surface area contributed by atoms with E-state index in [0.717, 1.165) is 0 Å². The van der Waals surface area contributed by atoms with Crippen LogP contribution in [0, 0.1) is 0 Å². The quantitative estimate of drug-likeness (QED) is 0.932. The van der Waals surface area contributed by atoms with Crippen molar-refractivity contribution in [2.45, 2.75) is 10.6 Å². The van der Waals surface area contributed by atoms with E-state index in [1.807, 2.05) is 0 Å². The number of carbonyl (C=O) groups is 1. The van der Waals surface area contributed by atoms with Crippen molar-refractivity contribution in [3.63, 3.8) is 0 Å². The Bertz CT molecular complexity index is 593. The fourth-order valence-electron chi connectivity index (χ4n) is 1.28. The summed E-state index contributed by atoms with van der Waals surface area (Å²) in [6.45, 7) is 0. The third kappa shape index (κ3) is 2.96. The number of carboxylic acids is 1. The second-order valence-corrected chi connectivity index (χ2v) is 5.31. The van der Waals surface area contributed by atoms with Crippen LogP contribution in [0.4, 0.5) is 0 Å². The van der Waals surface area contributed by atoms with Gasteiger partial charge < -0.3 is 9.63 Å². The van der Waals surface area contributed by atoms with Crippen molar-refractivity contribution in [1.82, 2.24) is 5.16 Å². The van der Waals surface area contributed by atoms with Gasteiger partial charge in [-0.15, -0.1) is 0 Å². The van der Waals surface area contributed by atoms with Gasteiger partial charge in [0, 0.05) is 16.0 Å². The fraction of sp³-hybridized carbons (Fsp3) is 0.0909. The number of carboxylic acid groups (broad SMARTS) is 1. The molecule has 2 rings (SSSR count). The Morgan fingerprint density at radius 2 is 2.06 bits per heavy atom. The molecule has 7 heteroatoms. The van der Waals surface area contributed by atoms with Gasteiger partial charge in [-0.25, -0.2) is 4.79 Å². The number of hydrogen-bond donors (Lipinski definition) is 1. The maximum absolute atomic E-state index is 11.9. The SMILES string of the molecule is O=C(O)c1cc(CS(=O)c2ccc(Cl)cc2)on1. The molecule has 18 heavy (non-hydrogen) atoms. The molecule has 0 fully saturated rings. The van der Waals surface area contributed by atoms with Gasteiger partial charge >= 0.3 is 5.97 Å². The van der Waals surface area contributed by atoms with Crippen molar-refractivity contribution < 1.29 is 18.6 Å². The molecule has 1 N–H and O–H groups in total. The molecule has 0 aliphatic rings. The van der Waals surface area contributed by atoms with Crippen LogP contribution in [-0.2, 0) is 16.6 Å². The van der Waals surface area contributed by atoms with E-state index in [0.29, 0.717) is 9.92 Å². The molecule has 94 valence electrons. The summed E-state index contributed by atoms with van der Waals surface area (Å²) in [6, 6.07) is 7.83. The van der Waals surface area contributed by atoms with Crippen molar-refractivity contribution in [1.29, 1.82) is 0 Å². The molecule has 1 aromatic heterocycles. The smallest absolute Gasteiger partial charge is 0.358 e. The van der Waals surface area contributed by atoms with Crippen LogP contribution in [-0.4, -0.2) is 20.4 Å². The molecule has 2 aromatic rings. The summed E-state index contributed by atoms with van der Waals surface area (Å²) in [5.41, 5.74) is -0.196. The minimum absolute atomic E-state index is 0.0713. The Morgan fingerprint density at radius 1 is 1.39 bits per heavy atom. The van der Waals surface area contributed by atoms with Gasteiger partial charge in [0.05, 0.1) is 16.6 Å². The van der Waals surface area contributed by atoms with E-state index in [1.54, 1.807) is 24.3 Å². The lowest BCUT2D eigenvalue weighted by Gasteiger charge is -1.99. The summed E-state index contributed by atoms with van der Waals surface area (Å²) in [4.78, 5) is 11.2. The van der Waals surface area contributed by atoms with E-state index in [4.69, 9.17) is 21.2 Å². The highest BCUT2D eigenvalue weighted by Crippen LogP contribution is 2.16. The average Bonchev–Trinajstić information content (AvgIpc) is 2.78. The molecule has 0 bridgehead atoms. The zero-order chi connectivity index (χ0) is 13.1. The minimum Gasteiger partial charge on any atom is -0.476 e. The Labute approximate surface area is 110 Å². The molecule has 1 heterocycles. The second kappa shape index (κ2) is 5.32. The highest BCUT2D eigenvalue weighted by atomic mass is 35.5. The summed E-state index contributed by atoms with van der Waals surface area (Å²) >= 11 is 5.72. The standard InChI is InChI=1S/C11H8ClNO4S/c12-7-1-3-9(4-2-7)18(16)6-8-5-10(11(14)15)13-17-8/h1-5H,6H2,(H,14,15). The minimum atomic E-state index is -1.33. The number of hydrogen-bond acceptors (Lipinski definition) is 4. The number of aromatic nitrogens is 1. The first kappa shape index (κ1) is 12.8. The van der Waals surface area contributed by atoms with Crippen LogP contribution in [0.3, 0.4) is 0 Å². The molecule has 1 atom stereocenters. The third-order valence-electron chi connectivity index (χ3n) is 2.13. The average molecular weight is 286 g/mol. The zero-order valence-electron chi connectivity index (χ0n) is 9.00. The molecule has 0 saturated carbocycles. The number of rotatable bonds is 4. The lowest BCUT2D eigenvalue weighted by molar-refractivity contribution is 0.0685. The maximum Gasteiger partial charge on any atom is 0.358 e. The van der Waals surface area contributed by atoms with E-state index >= 15 is 0 Å². The van der Waals surface area contributed by atoms with E-state index in [9.17, 15) is 9.00 Å². The van der Waals surface area contributed by atoms with Gasteiger partial charge in [-0.2, -0.15) is 0 Å². The largest absolute Gasteiger partial charge is 0.476 e. The Kier molecular flexibility index (Phi) is 3.78. The van der Waals surface area contributed by atoms with Gasteiger partial charge in [-0.1, -0.05) is 16.8 Å². The first-order chi connectivity index (χ1) is 8.56. The van der Waals surface area contributed by atoms with Gasteiger partial charge in [0.25, 0.3) is 0 Å². The molecule has 0 radical (unpaired) electrons. The maximum atomic E-state index is 11.9. The molecular formula is C11H8ClNO4S. The van der Waals surface area contributed by atoms with Gasteiger partial charge in [0.15, 0.2) is 5.69 Å². The van der Waals surface area contributed by atoms with Crippen molar-refractivity contribution >= 4 is 28.4 Å². The predicted molar refractivity (Wildman–Crippen MR) is 65.0 cm³/mol. The number of nitrogens with zero attached hydrogens (tertiary/aromatic N) is 1. The summed E-state index contributed by atoms with van der Waals surface area (Å²) in [6.07, 6.45) is 0. The van der Waals surface area contributed by atoms with E-state index in [-0.39, 0.29) is 17.2 Å². The normalized spacial score (nSPS) is 12.3. The number of aromatic carboxylic acids is 1. The highest BCUT2D eigenvalue weighted by molar-refractivity contribution is 7.84. The molecule has 0 spiro atoms. The molecule has 1 aromatic carbocycles. The highest BCUT2D eigenvalue weighted by Gasteiger charge is 2.13. The van der Waals surface area contributed by atoms with Crippen molar-refractivity contribution in [3.05, 3.63) is 46.8 Å². The van der Waals surface area contributed by atoms with Crippen LogP contribution in [0.15, 0.2) is 39.8 Å². The topological polar surface area (TPSA) is 80.4 Å². The van der Waals surface area contributed by atoms with Crippen LogP contribution in [0.2, 0.25) is 5.02 Å². The van der Waals surface area contributed by atoms with Gasteiger partial charge in [0.2, 0.25) is 0 Å². The van der Waals surface area contributed by atoms with Gasteiger partial charge in [-0.05, 0) is 24.3 Å². The van der Waals surface area contributed by atoms with Gasteiger partial charge in [0.1, 0.15) is 5.76 Å². The lowest BCUT2D eigenvalue weighted by atomic mass is 10.4. The number of halogens is 1. The predicted octanol–water partition coefficient (Wildman–Crippen LogP) is 2.33. The molecule has 0 saturated heterocycles. The van der Waals surface area contributed by atoms with Crippen LogP contribution in [0.1, 0.15) is 16.2 Å². The molecule has 1 unspecified atom stereocenters. The Morgan fingerprint density at radius 3 is 2.61 bits per heavy atom. The second-order valence-electron chi connectivity index (χ2n) is 3.43. The summed E-state index contributed by atoms with van der Waals surface area (Å²) in [7, 11) is -1.33. The molecule has 0 aliphatic carbocycles. The summed E-state index contributed by atoms with van der Waals surface area (Å²) in [5, 5.41) is 12.6. The van der Waals surface area contributed by atoms with E-state index in [2.05, 4.69) is 5.16 Å². The van der Waals surface area contributed by atoms with E-state index < -0.39 is 16.8 Å². The molecule has 5 nitrogen and oxygen atoms in total. The fourth-order valence-corrected chi connectivity index (χ4v) is 2.41. The third-order valence-corrected chi connectivity index (χ3v) is 3.72. The van der Waals surface area contributed by atoms with Crippen LogP contribution >= 0.6 is 11.6 Å². The Hall–Kier alpha value is -1.66. The van der Waals surface area contributed by atoms with Crippen molar-refractivity contribution in [2.75, 3.05) is 0 Å². The first-order valence-corrected chi connectivity index (χ1v) is 6.59. The zero-order valence-corrected chi connectivity index (χ0v) is 10.6.